The number of aliphatic hydroxyl groups is 1. The van der Waals surface area contributed by atoms with Crippen LogP contribution in [-0.4, -0.2) is 62.2 Å². The van der Waals surface area contributed by atoms with Crippen molar-refractivity contribution in [3.8, 4) is 0 Å². The molecule has 3 fully saturated rings. The van der Waals surface area contributed by atoms with E-state index in [2.05, 4.69) is 10.3 Å². The molecule has 3 heterocycles. The molecule has 1 saturated carbocycles. The van der Waals surface area contributed by atoms with Gasteiger partial charge in [0, 0.05) is 45.1 Å². The van der Waals surface area contributed by atoms with E-state index in [1.54, 1.807) is 4.68 Å². The van der Waals surface area contributed by atoms with Crippen LogP contribution in [0.3, 0.4) is 0 Å². The van der Waals surface area contributed by atoms with Crippen LogP contribution in [0.4, 0.5) is 0 Å². The van der Waals surface area contributed by atoms with Crippen molar-refractivity contribution in [3.63, 3.8) is 0 Å². The number of ether oxygens (including phenoxy) is 2. The summed E-state index contributed by atoms with van der Waals surface area (Å²) < 4.78 is 12.7. The lowest BCUT2D eigenvalue weighted by atomic mass is 9.91. The van der Waals surface area contributed by atoms with Gasteiger partial charge in [0.2, 0.25) is 5.91 Å². The first-order valence-corrected chi connectivity index (χ1v) is 13.8. The molecule has 1 aliphatic carbocycles. The van der Waals surface area contributed by atoms with Gasteiger partial charge in [-0.2, -0.15) is 0 Å². The third kappa shape index (κ3) is 6.04. The maximum atomic E-state index is 13.3. The average Bonchev–Trinajstić information content (AvgIpc) is 3.65. The van der Waals surface area contributed by atoms with Crippen LogP contribution >= 0.6 is 0 Å². The van der Waals surface area contributed by atoms with Crippen LogP contribution in [-0.2, 0) is 37.8 Å². The minimum absolute atomic E-state index is 0.0702. The smallest absolute Gasteiger partial charge is 0.329 e. The van der Waals surface area contributed by atoms with E-state index in [0.717, 1.165) is 50.5 Å². The molecule has 3 aliphatic rings. The molecular formula is C28H38N4O5. The summed E-state index contributed by atoms with van der Waals surface area (Å²) in [7, 11) is 0. The lowest BCUT2D eigenvalue weighted by molar-refractivity contribution is -0.155. The molecule has 0 radical (unpaired) electrons. The molecule has 2 saturated heterocycles. The minimum atomic E-state index is -0.949. The Hall–Kier alpha value is -2.78. The normalized spacial score (nSPS) is 24.7. The highest BCUT2D eigenvalue weighted by Crippen LogP contribution is 2.42. The number of benzene rings is 1. The van der Waals surface area contributed by atoms with Crippen LogP contribution < -0.4 is 0 Å². The molecule has 3 atom stereocenters. The molecule has 0 unspecified atom stereocenters. The summed E-state index contributed by atoms with van der Waals surface area (Å²) in [6.07, 6.45) is 9.74. The van der Waals surface area contributed by atoms with Gasteiger partial charge in [-0.25, -0.2) is 4.79 Å². The van der Waals surface area contributed by atoms with Gasteiger partial charge in [0.05, 0.1) is 6.20 Å². The average molecular weight is 511 g/mol. The van der Waals surface area contributed by atoms with Gasteiger partial charge in [-0.1, -0.05) is 48.4 Å². The molecule has 37 heavy (non-hydrogen) atoms. The van der Waals surface area contributed by atoms with Crippen LogP contribution in [0.5, 0.6) is 0 Å². The third-order valence-electron chi connectivity index (χ3n) is 8.24. The molecule has 9 nitrogen and oxygen atoms in total. The predicted molar refractivity (Wildman–Crippen MR) is 135 cm³/mol. The quantitative estimate of drug-likeness (QED) is 0.386. The molecule has 1 aromatic heterocycles. The first kappa shape index (κ1) is 25.9. The second-order valence-corrected chi connectivity index (χ2v) is 10.7. The standard InChI is InChI=1S/C28H38N4O5/c33-26(12-5-2-6-15-31-19-25(29-30-31)28(35)13-16-36-17-14-28)32-23-11-7-10-22(23)18-24(32)27(34)37-20-21-8-3-1-4-9-21/h1,3-4,8-9,19,22-24,35H,2,5-7,10-18,20H2/t22-,23-,24-/m0/s1. The fourth-order valence-electron chi connectivity index (χ4n) is 6.13. The van der Waals surface area contributed by atoms with Gasteiger partial charge in [0.15, 0.2) is 0 Å². The third-order valence-corrected chi connectivity index (χ3v) is 8.24. The van der Waals surface area contributed by atoms with Gasteiger partial charge in [-0.05, 0) is 43.6 Å². The molecule has 0 bridgehead atoms. The number of unbranched alkanes of at least 4 members (excludes halogenated alkanes) is 2. The largest absolute Gasteiger partial charge is 0.459 e. The van der Waals surface area contributed by atoms with E-state index in [-0.39, 0.29) is 24.5 Å². The van der Waals surface area contributed by atoms with E-state index in [1.807, 2.05) is 41.4 Å². The number of carbonyl (C=O) groups is 2. The molecule has 2 aromatic rings. The van der Waals surface area contributed by atoms with Crippen LogP contribution in [0.2, 0.25) is 0 Å². The lowest BCUT2D eigenvalue weighted by Gasteiger charge is -2.29. The Balaban J connectivity index is 1.08. The van der Waals surface area contributed by atoms with E-state index in [0.29, 0.717) is 50.6 Å². The maximum absolute atomic E-state index is 13.3. The highest BCUT2D eigenvalue weighted by Gasteiger charge is 2.49. The summed E-state index contributed by atoms with van der Waals surface area (Å²) in [6, 6.07) is 9.37. The van der Waals surface area contributed by atoms with Crippen molar-refractivity contribution in [2.24, 2.45) is 5.92 Å². The van der Waals surface area contributed by atoms with E-state index >= 15 is 0 Å². The molecule has 2 aliphatic heterocycles. The van der Waals surface area contributed by atoms with Crippen LogP contribution in [0.15, 0.2) is 36.5 Å². The first-order chi connectivity index (χ1) is 18.0. The number of fused-ring (bicyclic) bond motifs is 1. The number of aromatic nitrogens is 3. The van der Waals surface area contributed by atoms with Crippen molar-refractivity contribution in [1.82, 2.24) is 19.9 Å². The SMILES string of the molecule is O=C(OCc1ccccc1)[C@@H]1C[C@@H]2CCC[C@@H]2N1C(=O)CCCCCn1cc(C2(O)CCOCC2)nn1. The van der Waals surface area contributed by atoms with Gasteiger partial charge in [0.1, 0.15) is 23.9 Å². The highest BCUT2D eigenvalue weighted by molar-refractivity contribution is 5.85. The number of carbonyl (C=O) groups excluding carboxylic acids is 2. The van der Waals surface area contributed by atoms with Crippen LogP contribution in [0.1, 0.15) is 75.5 Å². The number of esters is 1. The van der Waals surface area contributed by atoms with E-state index in [4.69, 9.17) is 9.47 Å². The van der Waals surface area contributed by atoms with Crippen molar-refractivity contribution >= 4 is 11.9 Å². The first-order valence-electron chi connectivity index (χ1n) is 13.8. The minimum Gasteiger partial charge on any atom is -0.459 e. The number of rotatable bonds is 10. The van der Waals surface area contributed by atoms with Crippen LogP contribution in [0, 0.1) is 5.92 Å². The molecule has 1 N–H and O–H groups in total. The van der Waals surface area contributed by atoms with Gasteiger partial charge in [-0.3, -0.25) is 9.48 Å². The van der Waals surface area contributed by atoms with Gasteiger partial charge < -0.3 is 19.5 Å². The Labute approximate surface area is 218 Å². The molecule has 5 rings (SSSR count). The van der Waals surface area contributed by atoms with Gasteiger partial charge >= 0.3 is 5.97 Å². The predicted octanol–water partition coefficient (Wildman–Crippen LogP) is 3.35. The fraction of sp³-hybridized carbons (Fsp3) is 0.643. The number of nitrogens with zero attached hydrogens (tertiary/aromatic N) is 4. The van der Waals surface area contributed by atoms with Crippen molar-refractivity contribution in [2.45, 2.75) is 95.0 Å². The second kappa shape index (κ2) is 11.7. The lowest BCUT2D eigenvalue weighted by Crippen LogP contribution is -2.45. The zero-order valence-electron chi connectivity index (χ0n) is 21.5. The number of likely N-dealkylation sites (tertiary alicyclic amines) is 1. The molecule has 0 spiro atoms. The van der Waals surface area contributed by atoms with Crippen molar-refractivity contribution in [3.05, 3.63) is 47.8 Å². The summed E-state index contributed by atoms with van der Waals surface area (Å²) in [6.45, 7) is 1.99. The zero-order valence-corrected chi connectivity index (χ0v) is 21.5. The summed E-state index contributed by atoms with van der Waals surface area (Å²) >= 11 is 0. The topological polar surface area (TPSA) is 107 Å². The molecular weight excluding hydrogens is 472 g/mol. The monoisotopic (exact) mass is 510 g/mol. The summed E-state index contributed by atoms with van der Waals surface area (Å²) in [5, 5.41) is 19.1. The zero-order chi connectivity index (χ0) is 25.7. The number of hydrogen-bond acceptors (Lipinski definition) is 7. The maximum Gasteiger partial charge on any atom is 0.329 e. The summed E-state index contributed by atoms with van der Waals surface area (Å²) in [4.78, 5) is 28.1. The van der Waals surface area contributed by atoms with E-state index < -0.39 is 11.6 Å². The second-order valence-electron chi connectivity index (χ2n) is 10.7. The molecule has 200 valence electrons. The molecule has 9 heteroatoms. The fourth-order valence-corrected chi connectivity index (χ4v) is 6.13. The Morgan fingerprint density at radius 3 is 2.73 bits per heavy atom. The van der Waals surface area contributed by atoms with Crippen LogP contribution in [0.25, 0.3) is 0 Å². The number of aryl methyl sites for hydroxylation is 1. The number of hydrogen-bond donors (Lipinski definition) is 1. The molecule has 1 amide bonds. The van der Waals surface area contributed by atoms with Crippen molar-refractivity contribution in [1.29, 1.82) is 0 Å². The van der Waals surface area contributed by atoms with Crippen molar-refractivity contribution in [2.75, 3.05) is 13.2 Å². The van der Waals surface area contributed by atoms with Gasteiger partial charge in [0.25, 0.3) is 0 Å². The Morgan fingerprint density at radius 2 is 1.92 bits per heavy atom. The molecule has 1 aromatic carbocycles. The Morgan fingerprint density at radius 1 is 1.11 bits per heavy atom. The van der Waals surface area contributed by atoms with E-state index in [9.17, 15) is 14.7 Å². The number of amides is 1. The van der Waals surface area contributed by atoms with E-state index in [1.165, 1.54) is 0 Å². The highest BCUT2D eigenvalue weighted by atomic mass is 16.5. The van der Waals surface area contributed by atoms with Gasteiger partial charge in [-0.15, -0.1) is 5.10 Å². The summed E-state index contributed by atoms with van der Waals surface area (Å²) in [5.41, 5.74) is 0.611. The Kier molecular flexibility index (Phi) is 8.20. The Bertz CT molecular complexity index is 1050. The van der Waals surface area contributed by atoms with Crippen molar-refractivity contribution < 1.29 is 24.2 Å². The summed E-state index contributed by atoms with van der Waals surface area (Å²) in [5.74, 6) is 0.200.